The molecule has 1 aromatic heterocycles. The average molecular weight is 438 g/mol. The van der Waals surface area contributed by atoms with E-state index < -0.39 is 29.9 Å². The van der Waals surface area contributed by atoms with Crippen molar-refractivity contribution in [1.29, 1.82) is 0 Å². The summed E-state index contributed by atoms with van der Waals surface area (Å²) in [7, 11) is 1.10. The third-order valence-corrected chi connectivity index (χ3v) is 5.39. The number of ether oxygens (including phenoxy) is 3. The van der Waals surface area contributed by atoms with Gasteiger partial charge in [-0.05, 0) is 38.7 Å². The zero-order valence-electron chi connectivity index (χ0n) is 16.0. The maximum absolute atomic E-state index is 14.1. The van der Waals surface area contributed by atoms with E-state index in [9.17, 15) is 27.6 Å². The molecule has 8 nitrogen and oxygen atoms in total. The molecule has 0 radical (unpaired) electrons. The third-order valence-electron chi connectivity index (χ3n) is 4.18. The molecule has 2 rings (SSSR count). The van der Waals surface area contributed by atoms with Crippen molar-refractivity contribution < 1.29 is 41.8 Å². The van der Waals surface area contributed by atoms with Gasteiger partial charge in [0.2, 0.25) is 0 Å². The summed E-state index contributed by atoms with van der Waals surface area (Å²) >= 11 is 0.899. The lowest BCUT2D eigenvalue weighted by Crippen LogP contribution is -2.69. The molecule has 1 aromatic rings. The Balaban J connectivity index is 2.59. The normalized spacial score (nSPS) is 15.1. The van der Waals surface area contributed by atoms with Gasteiger partial charge in [0, 0.05) is 4.88 Å². The lowest BCUT2D eigenvalue weighted by Gasteiger charge is -2.34. The largest absolute Gasteiger partial charge is 0.465 e. The van der Waals surface area contributed by atoms with Crippen molar-refractivity contribution in [3.63, 3.8) is 0 Å². The highest BCUT2D eigenvalue weighted by molar-refractivity contribution is 7.16. The van der Waals surface area contributed by atoms with Crippen molar-refractivity contribution in [2.45, 2.75) is 44.9 Å². The van der Waals surface area contributed by atoms with Gasteiger partial charge in [-0.3, -0.25) is 5.32 Å². The summed E-state index contributed by atoms with van der Waals surface area (Å²) in [4.78, 5) is 37.2. The average Bonchev–Trinajstić information content (AvgIpc) is 3.20. The molecule has 0 saturated heterocycles. The Morgan fingerprint density at radius 2 is 1.76 bits per heavy atom. The Labute approximate surface area is 168 Å². The minimum atomic E-state index is -5.33. The number of thiophene rings is 1. The first-order chi connectivity index (χ1) is 13.6. The van der Waals surface area contributed by atoms with Crippen molar-refractivity contribution in [2.75, 3.05) is 25.6 Å². The molecule has 0 aromatic carbocycles. The van der Waals surface area contributed by atoms with Crippen LogP contribution in [0.25, 0.3) is 0 Å². The number of aryl methyl sites for hydroxylation is 1. The minimum Gasteiger partial charge on any atom is -0.465 e. The van der Waals surface area contributed by atoms with Gasteiger partial charge >= 0.3 is 29.9 Å². The number of fused-ring (bicyclic) bond motifs is 1. The molecular weight excluding hydrogens is 417 g/mol. The summed E-state index contributed by atoms with van der Waals surface area (Å²) in [6, 6.07) is 0. The van der Waals surface area contributed by atoms with Crippen LogP contribution >= 0.6 is 11.3 Å². The van der Waals surface area contributed by atoms with Gasteiger partial charge < -0.3 is 19.5 Å². The van der Waals surface area contributed by atoms with Gasteiger partial charge in [-0.2, -0.15) is 13.2 Å². The van der Waals surface area contributed by atoms with Crippen molar-refractivity contribution in [3.05, 3.63) is 16.0 Å². The molecule has 0 aliphatic heterocycles. The van der Waals surface area contributed by atoms with E-state index in [0.717, 1.165) is 24.9 Å². The van der Waals surface area contributed by atoms with Gasteiger partial charge in [0.15, 0.2) is 0 Å². The van der Waals surface area contributed by atoms with Crippen LogP contribution in [0.4, 0.5) is 23.0 Å². The fraction of sp³-hybridized carbons (Fsp3) is 0.588. The second kappa shape index (κ2) is 8.89. The summed E-state index contributed by atoms with van der Waals surface area (Å²) in [5.74, 6) is -2.63. The molecule has 29 heavy (non-hydrogen) atoms. The maximum Gasteiger partial charge on any atom is 0.442 e. The summed E-state index contributed by atoms with van der Waals surface area (Å²) in [6.45, 7) is 2.13. The first kappa shape index (κ1) is 22.8. The number of anilines is 1. The number of nitrogens with one attached hydrogen (secondary N) is 2. The van der Waals surface area contributed by atoms with Crippen LogP contribution in [0, 0.1) is 0 Å². The Hall–Kier alpha value is -2.50. The van der Waals surface area contributed by atoms with Crippen molar-refractivity contribution >= 4 is 34.4 Å². The third kappa shape index (κ3) is 4.41. The number of carbonyl (C=O) groups is 3. The number of alkyl halides is 3. The van der Waals surface area contributed by atoms with Crippen LogP contribution in [0.5, 0.6) is 0 Å². The number of methoxy groups -OCH3 is 1. The van der Waals surface area contributed by atoms with Crippen LogP contribution < -0.4 is 10.6 Å². The van der Waals surface area contributed by atoms with Gasteiger partial charge in [0.1, 0.15) is 5.00 Å². The molecule has 1 aliphatic rings. The number of hydrogen-bond donors (Lipinski definition) is 2. The van der Waals surface area contributed by atoms with Gasteiger partial charge in [-0.15, -0.1) is 11.3 Å². The second-order valence-electron chi connectivity index (χ2n) is 5.99. The number of rotatable bonds is 7. The standard InChI is InChI=1S/C17H21F3N2O6S/c1-4-27-14(24)16(17(18,19)20,22-15(25)28-5-2)21-12-11(13(23)26-3)9-7-6-8-10(9)29-12/h21H,4-8H2,1-3H3,(H,22,25)/t16-/m0/s1. The fourth-order valence-corrected chi connectivity index (χ4v) is 4.26. The Morgan fingerprint density at radius 1 is 1.10 bits per heavy atom. The van der Waals surface area contributed by atoms with Gasteiger partial charge in [0.05, 0.1) is 25.9 Å². The number of alkyl carbamates (subject to hydrolysis) is 1. The first-order valence-corrected chi connectivity index (χ1v) is 9.62. The summed E-state index contributed by atoms with van der Waals surface area (Å²) in [5, 5.41) is 3.32. The Kier molecular flexibility index (Phi) is 6.98. The predicted molar refractivity (Wildman–Crippen MR) is 96.9 cm³/mol. The molecule has 0 saturated carbocycles. The summed E-state index contributed by atoms with van der Waals surface area (Å²) < 4.78 is 56.1. The van der Waals surface area contributed by atoms with E-state index in [1.54, 1.807) is 0 Å². The van der Waals surface area contributed by atoms with Crippen molar-refractivity contribution in [1.82, 2.24) is 5.32 Å². The van der Waals surface area contributed by atoms with Crippen LogP contribution in [0.1, 0.15) is 41.1 Å². The monoisotopic (exact) mass is 438 g/mol. The highest BCUT2D eigenvalue weighted by Gasteiger charge is 2.64. The van der Waals surface area contributed by atoms with E-state index in [2.05, 4.69) is 9.47 Å². The van der Waals surface area contributed by atoms with Crippen LogP contribution in [0.15, 0.2) is 0 Å². The van der Waals surface area contributed by atoms with Crippen LogP contribution in [-0.2, 0) is 31.8 Å². The lowest BCUT2D eigenvalue weighted by molar-refractivity contribution is -0.205. The van der Waals surface area contributed by atoms with E-state index in [0.29, 0.717) is 23.3 Å². The van der Waals surface area contributed by atoms with E-state index >= 15 is 0 Å². The molecule has 12 heteroatoms. The molecule has 2 N–H and O–H groups in total. The zero-order valence-corrected chi connectivity index (χ0v) is 16.8. The lowest BCUT2D eigenvalue weighted by atomic mass is 10.1. The Morgan fingerprint density at radius 3 is 2.31 bits per heavy atom. The molecule has 1 aliphatic carbocycles. The highest BCUT2D eigenvalue weighted by atomic mass is 32.1. The molecule has 0 unspecified atom stereocenters. The molecule has 1 heterocycles. The van der Waals surface area contributed by atoms with E-state index in [1.807, 2.05) is 5.32 Å². The topological polar surface area (TPSA) is 103 Å². The van der Waals surface area contributed by atoms with Gasteiger partial charge in [-0.1, -0.05) is 0 Å². The van der Waals surface area contributed by atoms with Gasteiger partial charge in [-0.25, -0.2) is 14.4 Å². The number of amides is 1. The first-order valence-electron chi connectivity index (χ1n) is 8.81. The molecule has 0 bridgehead atoms. The smallest absolute Gasteiger partial charge is 0.442 e. The second-order valence-corrected chi connectivity index (χ2v) is 7.10. The quantitative estimate of drug-likeness (QED) is 0.383. The molecule has 1 amide bonds. The zero-order chi connectivity index (χ0) is 21.8. The highest BCUT2D eigenvalue weighted by Crippen LogP contribution is 2.43. The van der Waals surface area contributed by atoms with Gasteiger partial charge in [0.25, 0.3) is 0 Å². The fourth-order valence-electron chi connectivity index (χ4n) is 2.93. The van der Waals surface area contributed by atoms with E-state index in [1.165, 1.54) is 19.2 Å². The number of carbonyl (C=O) groups excluding carboxylic acids is 3. The van der Waals surface area contributed by atoms with Crippen molar-refractivity contribution in [2.24, 2.45) is 0 Å². The minimum absolute atomic E-state index is 0.0893. The summed E-state index contributed by atoms with van der Waals surface area (Å²) in [5.41, 5.74) is -3.18. The number of esters is 2. The number of hydrogen-bond acceptors (Lipinski definition) is 8. The number of halogens is 3. The molecule has 162 valence electrons. The molecule has 0 fully saturated rings. The SMILES string of the molecule is CCOC(=O)N[C@@](Nc1sc2c(c1C(=O)OC)CCC2)(C(=O)OCC)C(F)(F)F. The van der Waals surface area contributed by atoms with Crippen LogP contribution in [-0.4, -0.2) is 50.2 Å². The van der Waals surface area contributed by atoms with Crippen LogP contribution in [0.2, 0.25) is 0 Å². The van der Waals surface area contributed by atoms with E-state index in [4.69, 9.17) is 4.74 Å². The molecule has 0 spiro atoms. The Bertz CT molecular complexity index is 795. The van der Waals surface area contributed by atoms with Crippen molar-refractivity contribution in [3.8, 4) is 0 Å². The molecular formula is C17H21F3N2O6S. The van der Waals surface area contributed by atoms with E-state index in [-0.39, 0.29) is 23.8 Å². The predicted octanol–water partition coefficient (Wildman–Crippen LogP) is 3.00. The maximum atomic E-state index is 14.1. The molecule has 1 atom stereocenters. The summed E-state index contributed by atoms with van der Waals surface area (Å²) in [6.07, 6.45) is -4.99. The van der Waals surface area contributed by atoms with Crippen LogP contribution in [0.3, 0.4) is 0 Å².